The number of imide groups is 1. The quantitative estimate of drug-likeness (QED) is 0.835. The van der Waals surface area contributed by atoms with Crippen LogP contribution >= 0.6 is 35.0 Å². The molecule has 1 atom stereocenters. The Balaban J connectivity index is 1.89. The molecule has 1 N–H and O–H groups in total. The molecule has 118 valence electrons. The molecule has 1 saturated heterocycles. The van der Waals surface area contributed by atoms with Crippen LogP contribution in [0.25, 0.3) is 0 Å². The molecule has 1 unspecified atom stereocenters. The summed E-state index contributed by atoms with van der Waals surface area (Å²) in [4.78, 5) is 26.1. The van der Waals surface area contributed by atoms with Crippen molar-refractivity contribution in [3.63, 3.8) is 0 Å². The zero-order valence-electron chi connectivity index (χ0n) is 12.0. The molecule has 23 heavy (non-hydrogen) atoms. The van der Waals surface area contributed by atoms with Gasteiger partial charge in [-0.3, -0.25) is 9.59 Å². The maximum absolute atomic E-state index is 12.6. The lowest BCUT2D eigenvalue weighted by Gasteiger charge is -2.17. The van der Waals surface area contributed by atoms with Crippen molar-refractivity contribution in [1.82, 2.24) is 0 Å². The second-order valence-corrected chi connectivity index (χ2v) is 6.84. The van der Waals surface area contributed by atoms with E-state index in [-0.39, 0.29) is 11.1 Å². The maximum atomic E-state index is 12.6. The molecule has 0 spiro atoms. The zero-order chi connectivity index (χ0) is 16.6. The van der Waals surface area contributed by atoms with E-state index in [4.69, 9.17) is 23.2 Å². The van der Waals surface area contributed by atoms with E-state index in [1.54, 1.807) is 30.3 Å². The summed E-state index contributed by atoms with van der Waals surface area (Å²) in [5.74, 6) is -0.342. The average Bonchev–Trinajstić information content (AvgIpc) is 2.78. The molecular weight excluding hydrogens is 355 g/mol. The molecule has 2 aromatic rings. The van der Waals surface area contributed by atoms with Crippen LogP contribution in [0.15, 0.2) is 42.5 Å². The number of nitrogens with one attached hydrogen (secondary N) is 1. The fourth-order valence-corrected chi connectivity index (χ4v) is 3.69. The van der Waals surface area contributed by atoms with Crippen LogP contribution in [-0.2, 0) is 4.79 Å². The number of rotatable bonds is 3. The first-order chi connectivity index (χ1) is 11.0. The second-order valence-electron chi connectivity index (χ2n) is 4.96. The molecule has 0 aliphatic carbocycles. The average molecular weight is 367 g/mol. The van der Waals surface area contributed by atoms with Gasteiger partial charge in [-0.2, -0.15) is 0 Å². The van der Waals surface area contributed by atoms with Crippen molar-refractivity contribution in [3.05, 3.63) is 58.1 Å². The Labute approximate surface area is 147 Å². The Kier molecular flexibility index (Phi) is 4.53. The van der Waals surface area contributed by atoms with Gasteiger partial charge in [-0.25, -0.2) is 4.90 Å². The number of carbonyl (C=O) groups is 2. The van der Waals surface area contributed by atoms with Gasteiger partial charge >= 0.3 is 0 Å². The van der Waals surface area contributed by atoms with E-state index in [1.807, 2.05) is 19.1 Å². The van der Waals surface area contributed by atoms with Gasteiger partial charge in [-0.1, -0.05) is 47.5 Å². The number of halogens is 2. The Hall–Kier alpha value is -1.69. The minimum absolute atomic E-state index is 0.329. The summed E-state index contributed by atoms with van der Waals surface area (Å²) in [5.41, 5.74) is 1.89. The van der Waals surface area contributed by atoms with Gasteiger partial charge in [0.2, 0.25) is 0 Å². The maximum Gasteiger partial charge on any atom is 0.295 e. The number of amides is 2. The molecule has 1 heterocycles. The molecular formula is C16H12Cl2N2O2S. The van der Waals surface area contributed by atoms with Crippen molar-refractivity contribution < 1.29 is 9.59 Å². The fourth-order valence-electron chi connectivity index (χ4n) is 2.30. The summed E-state index contributed by atoms with van der Waals surface area (Å²) in [6.07, 6.45) is 0. The van der Waals surface area contributed by atoms with Crippen molar-refractivity contribution in [1.29, 1.82) is 0 Å². The highest BCUT2D eigenvalue weighted by Crippen LogP contribution is 2.37. The van der Waals surface area contributed by atoms with Gasteiger partial charge in [0.1, 0.15) is 0 Å². The van der Waals surface area contributed by atoms with E-state index in [9.17, 15) is 9.59 Å². The third kappa shape index (κ3) is 3.04. The lowest BCUT2D eigenvalue weighted by Crippen LogP contribution is -2.34. The van der Waals surface area contributed by atoms with E-state index >= 15 is 0 Å². The lowest BCUT2D eigenvalue weighted by molar-refractivity contribution is -0.116. The highest BCUT2D eigenvalue weighted by Gasteiger charge is 2.41. The van der Waals surface area contributed by atoms with Crippen molar-refractivity contribution >= 4 is 57.5 Å². The molecule has 7 heteroatoms. The van der Waals surface area contributed by atoms with Crippen LogP contribution in [0.2, 0.25) is 10.0 Å². The molecule has 2 aromatic carbocycles. The number of hydrogen-bond acceptors (Lipinski definition) is 4. The monoisotopic (exact) mass is 366 g/mol. The fraction of sp³-hybridized carbons (Fsp3) is 0.125. The molecule has 0 bridgehead atoms. The molecule has 3 rings (SSSR count). The molecule has 0 aromatic heterocycles. The number of anilines is 2. The Morgan fingerprint density at radius 2 is 1.70 bits per heavy atom. The molecule has 0 saturated carbocycles. The van der Waals surface area contributed by atoms with E-state index in [0.717, 1.165) is 17.3 Å². The van der Waals surface area contributed by atoms with Crippen molar-refractivity contribution in [2.75, 3.05) is 10.2 Å². The van der Waals surface area contributed by atoms with E-state index in [0.29, 0.717) is 21.4 Å². The van der Waals surface area contributed by atoms with Crippen LogP contribution in [0, 0.1) is 6.92 Å². The predicted molar refractivity (Wildman–Crippen MR) is 95.5 cm³/mol. The van der Waals surface area contributed by atoms with Crippen LogP contribution in [0.4, 0.5) is 16.2 Å². The number of carbonyl (C=O) groups excluding carboxylic acids is 2. The summed E-state index contributed by atoms with van der Waals surface area (Å²) in [7, 11) is 0. The van der Waals surface area contributed by atoms with Gasteiger partial charge in [0.25, 0.3) is 11.1 Å². The second kappa shape index (κ2) is 6.43. The largest absolute Gasteiger partial charge is 0.363 e. The highest BCUT2D eigenvalue weighted by molar-refractivity contribution is 8.16. The first kappa shape index (κ1) is 16.2. The van der Waals surface area contributed by atoms with E-state index < -0.39 is 5.37 Å². The van der Waals surface area contributed by atoms with Crippen molar-refractivity contribution in [2.24, 2.45) is 0 Å². The minimum Gasteiger partial charge on any atom is -0.363 e. The summed E-state index contributed by atoms with van der Waals surface area (Å²) in [6.45, 7) is 1.85. The summed E-state index contributed by atoms with van der Waals surface area (Å²) in [5, 5.41) is 2.66. The van der Waals surface area contributed by atoms with Gasteiger partial charge in [0.05, 0.1) is 21.4 Å². The van der Waals surface area contributed by atoms with Crippen LogP contribution in [0.1, 0.15) is 5.56 Å². The number of aryl methyl sites for hydroxylation is 1. The summed E-state index contributed by atoms with van der Waals surface area (Å²) in [6, 6.07) is 12.3. The van der Waals surface area contributed by atoms with Crippen LogP contribution in [0.3, 0.4) is 0 Å². The topological polar surface area (TPSA) is 49.4 Å². The SMILES string of the molecule is Cc1ccccc1N1C(=O)SC(Nc2c(Cl)cccc2Cl)C1=O. The van der Waals surface area contributed by atoms with Crippen molar-refractivity contribution in [3.8, 4) is 0 Å². The van der Waals surface area contributed by atoms with Crippen LogP contribution in [0.5, 0.6) is 0 Å². The predicted octanol–water partition coefficient (Wildman–Crippen LogP) is 4.94. The molecule has 4 nitrogen and oxygen atoms in total. The van der Waals surface area contributed by atoms with Gasteiger partial charge in [0, 0.05) is 0 Å². The number of nitrogens with zero attached hydrogens (tertiary/aromatic N) is 1. The Morgan fingerprint density at radius 3 is 2.35 bits per heavy atom. The normalized spacial score (nSPS) is 17.7. The first-order valence-electron chi connectivity index (χ1n) is 6.80. The van der Waals surface area contributed by atoms with Gasteiger partial charge in [0.15, 0.2) is 5.37 Å². The van der Waals surface area contributed by atoms with Crippen molar-refractivity contribution in [2.45, 2.75) is 12.3 Å². The third-order valence-corrected chi connectivity index (χ3v) is 5.01. The number of para-hydroxylation sites is 2. The van der Waals surface area contributed by atoms with Gasteiger partial charge in [-0.15, -0.1) is 0 Å². The third-order valence-electron chi connectivity index (χ3n) is 3.44. The first-order valence-corrected chi connectivity index (χ1v) is 8.43. The molecule has 1 fully saturated rings. The minimum atomic E-state index is -0.764. The lowest BCUT2D eigenvalue weighted by atomic mass is 10.2. The van der Waals surface area contributed by atoms with E-state index in [2.05, 4.69) is 5.32 Å². The van der Waals surface area contributed by atoms with Crippen LogP contribution < -0.4 is 10.2 Å². The molecule has 0 radical (unpaired) electrons. The summed E-state index contributed by atoms with van der Waals surface area (Å²) >= 11 is 13.1. The smallest absolute Gasteiger partial charge is 0.295 e. The Morgan fingerprint density at radius 1 is 1.04 bits per heavy atom. The molecule has 1 aliphatic heterocycles. The molecule has 2 amide bonds. The van der Waals surface area contributed by atoms with Gasteiger partial charge < -0.3 is 5.32 Å². The van der Waals surface area contributed by atoms with Gasteiger partial charge in [-0.05, 0) is 42.4 Å². The number of hydrogen-bond donors (Lipinski definition) is 1. The number of benzene rings is 2. The highest BCUT2D eigenvalue weighted by atomic mass is 35.5. The number of thioether (sulfide) groups is 1. The zero-order valence-corrected chi connectivity index (χ0v) is 14.4. The standard InChI is InChI=1S/C16H12Cl2N2O2S/c1-9-5-2-3-8-12(9)20-15(21)14(23-16(20)22)19-13-10(17)6-4-7-11(13)18/h2-8,14,19H,1H3. The summed E-state index contributed by atoms with van der Waals surface area (Å²) < 4.78 is 0. The molecule has 1 aliphatic rings. The Bertz CT molecular complexity index is 777. The van der Waals surface area contributed by atoms with Crippen LogP contribution in [-0.4, -0.2) is 16.5 Å². The van der Waals surface area contributed by atoms with E-state index in [1.165, 1.54) is 4.90 Å².